The number of rotatable bonds is 5. The van der Waals surface area contributed by atoms with Gasteiger partial charge in [0.1, 0.15) is 0 Å². The highest BCUT2D eigenvalue weighted by atomic mass is 16.3. The molecule has 3 N–H and O–H groups in total. The number of allylic oxidation sites excluding steroid dienone is 4. The monoisotopic (exact) mass is 426 g/mol. The Labute approximate surface area is 188 Å². The molecule has 0 radical (unpaired) electrons. The molecule has 0 aromatic carbocycles. The van der Waals surface area contributed by atoms with Crippen LogP contribution in [0.2, 0.25) is 0 Å². The SMILES string of the molecule is C=C1/C(=C\C=C2/CCC[C@]3(C)[C@@H]([C@H](C)/C=C/[C@@H](O)C4CC4)CC[C@@H]23)C[C@@H](O)C[C@]1(C)O. The Morgan fingerprint density at radius 1 is 1.10 bits per heavy atom. The minimum Gasteiger partial charge on any atom is -0.393 e. The minimum atomic E-state index is -1.02. The van der Waals surface area contributed by atoms with E-state index in [0.717, 1.165) is 17.6 Å². The van der Waals surface area contributed by atoms with Crippen LogP contribution in [0.3, 0.4) is 0 Å². The quantitative estimate of drug-likeness (QED) is 0.510. The van der Waals surface area contributed by atoms with Crippen molar-refractivity contribution in [3.8, 4) is 0 Å². The van der Waals surface area contributed by atoms with Gasteiger partial charge in [0.2, 0.25) is 0 Å². The highest BCUT2D eigenvalue weighted by Gasteiger charge is 2.50. The van der Waals surface area contributed by atoms with Crippen LogP contribution in [0, 0.1) is 29.1 Å². The van der Waals surface area contributed by atoms with E-state index < -0.39 is 11.7 Å². The van der Waals surface area contributed by atoms with Crippen molar-refractivity contribution in [2.75, 3.05) is 0 Å². The van der Waals surface area contributed by atoms with Crippen LogP contribution in [-0.2, 0) is 0 Å². The summed E-state index contributed by atoms with van der Waals surface area (Å²) in [6.45, 7) is 10.7. The van der Waals surface area contributed by atoms with E-state index in [1.807, 2.05) is 0 Å². The minimum absolute atomic E-state index is 0.253. The Hall–Kier alpha value is -1.16. The molecule has 4 aliphatic rings. The maximum absolute atomic E-state index is 10.6. The molecule has 3 heteroatoms. The summed E-state index contributed by atoms with van der Waals surface area (Å²) in [5.41, 5.74) is 2.57. The molecule has 172 valence electrons. The molecule has 4 aliphatic carbocycles. The van der Waals surface area contributed by atoms with Crippen LogP contribution in [0.5, 0.6) is 0 Å². The average molecular weight is 427 g/mol. The van der Waals surface area contributed by atoms with Gasteiger partial charge in [-0.1, -0.05) is 50.3 Å². The fourth-order valence-electron chi connectivity index (χ4n) is 6.91. The lowest BCUT2D eigenvalue weighted by Crippen LogP contribution is -2.37. The topological polar surface area (TPSA) is 60.7 Å². The summed E-state index contributed by atoms with van der Waals surface area (Å²) in [7, 11) is 0. The Morgan fingerprint density at radius 3 is 2.55 bits per heavy atom. The first-order chi connectivity index (χ1) is 14.6. The van der Waals surface area contributed by atoms with Crippen LogP contribution in [0.15, 0.2) is 47.6 Å². The Balaban J connectivity index is 1.50. The van der Waals surface area contributed by atoms with E-state index in [1.54, 1.807) is 6.92 Å². The summed E-state index contributed by atoms with van der Waals surface area (Å²) < 4.78 is 0. The zero-order chi connectivity index (χ0) is 22.4. The highest BCUT2D eigenvalue weighted by molar-refractivity contribution is 5.41. The molecule has 0 bridgehead atoms. The van der Waals surface area contributed by atoms with E-state index in [9.17, 15) is 15.3 Å². The van der Waals surface area contributed by atoms with Crippen LogP contribution in [-0.4, -0.2) is 33.1 Å². The number of hydrogen-bond donors (Lipinski definition) is 3. The van der Waals surface area contributed by atoms with Gasteiger partial charge in [-0.05, 0) is 98.5 Å². The molecule has 31 heavy (non-hydrogen) atoms. The standard InChI is InChI=1S/C28H42O3/c1-18(7-14-26(30)21-9-10-21)24-12-13-25-20(6-5-15-27(24,25)3)8-11-22-16-23(29)17-28(4,31)19(22)2/h7-8,11,14,18,21,23-26,29-31H,2,5-6,9-10,12-13,15-17H2,1,3-4H3/b14-7+,20-8+,22-11-/t18-,23-,24-,25+,26-,27-,28+/m1/s1. The second-order valence-electron chi connectivity index (χ2n) is 11.4. The fraction of sp³-hybridized carbons (Fsp3) is 0.714. The molecule has 0 heterocycles. The third kappa shape index (κ3) is 4.65. The third-order valence-corrected chi connectivity index (χ3v) is 9.01. The first-order valence-electron chi connectivity index (χ1n) is 12.5. The molecular formula is C28H42O3. The molecule has 0 amide bonds. The summed E-state index contributed by atoms with van der Waals surface area (Å²) in [5, 5.41) is 31.0. The molecule has 4 saturated carbocycles. The van der Waals surface area contributed by atoms with Crippen LogP contribution in [0.4, 0.5) is 0 Å². The van der Waals surface area contributed by atoms with E-state index >= 15 is 0 Å². The molecule has 0 aromatic rings. The average Bonchev–Trinajstić information content (AvgIpc) is 3.49. The molecule has 7 atom stereocenters. The Bertz CT molecular complexity index is 784. The third-order valence-electron chi connectivity index (χ3n) is 9.01. The summed E-state index contributed by atoms with van der Waals surface area (Å²) in [4.78, 5) is 0. The maximum atomic E-state index is 10.6. The van der Waals surface area contributed by atoms with Gasteiger partial charge >= 0.3 is 0 Å². The van der Waals surface area contributed by atoms with Gasteiger partial charge in [0.15, 0.2) is 0 Å². The number of fused-ring (bicyclic) bond motifs is 1. The molecule has 0 spiro atoms. The lowest BCUT2D eigenvalue weighted by atomic mass is 9.61. The van der Waals surface area contributed by atoms with Crippen molar-refractivity contribution < 1.29 is 15.3 Å². The van der Waals surface area contributed by atoms with Gasteiger partial charge in [-0.2, -0.15) is 0 Å². The molecule has 3 nitrogen and oxygen atoms in total. The van der Waals surface area contributed by atoms with E-state index in [-0.39, 0.29) is 6.10 Å². The van der Waals surface area contributed by atoms with E-state index in [1.165, 1.54) is 44.1 Å². The van der Waals surface area contributed by atoms with Gasteiger partial charge in [0.25, 0.3) is 0 Å². The second-order valence-corrected chi connectivity index (χ2v) is 11.4. The van der Waals surface area contributed by atoms with Gasteiger partial charge in [-0.3, -0.25) is 0 Å². The number of aliphatic hydroxyl groups excluding tert-OH is 2. The molecule has 0 saturated heterocycles. The van der Waals surface area contributed by atoms with Gasteiger partial charge in [-0.15, -0.1) is 0 Å². The summed E-state index contributed by atoms with van der Waals surface area (Å²) in [6.07, 6.45) is 17.4. The molecular weight excluding hydrogens is 384 g/mol. The normalized spacial score (nSPS) is 43.5. The highest BCUT2D eigenvalue weighted by Crippen LogP contribution is 2.59. The summed E-state index contributed by atoms with van der Waals surface area (Å²) in [6, 6.07) is 0. The van der Waals surface area contributed by atoms with Gasteiger partial charge in [0.05, 0.1) is 17.8 Å². The Kier molecular flexibility index (Phi) is 6.42. The fourth-order valence-corrected chi connectivity index (χ4v) is 6.91. The Morgan fingerprint density at radius 2 is 1.84 bits per heavy atom. The number of aliphatic hydroxyl groups is 3. The second kappa shape index (κ2) is 8.65. The van der Waals surface area contributed by atoms with Crippen molar-refractivity contribution >= 4 is 0 Å². The van der Waals surface area contributed by atoms with Crippen LogP contribution in [0.25, 0.3) is 0 Å². The van der Waals surface area contributed by atoms with Crippen molar-refractivity contribution in [2.45, 2.75) is 96.4 Å². The molecule has 4 fully saturated rings. The van der Waals surface area contributed by atoms with E-state index in [2.05, 4.69) is 44.7 Å². The molecule has 0 aliphatic heterocycles. The molecule has 4 rings (SSSR count). The van der Waals surface area contributed by atoms with Crippen molar-refractivity contribution in [1.29, 1.82) is 0 Å². The number of hydrogen-bond acceptors (Lipinski definition) is 3. The largest absolute Gasteiger partial charge is 0.393 e. The zero-order valence-corrected chi connectivity index (χ0v) is 19.7. The van der Waals surface area contributed by atoms with Crippen LogP contribution < -0.4 is 0 Å². The first-order valence-corrected chi connectivity index (χ1v) is 12.5. The lowest BCUT2D eigenvalue weighted by Gasteiger charge is -2.44. The first kappa shape index (κ1) is 23.0. The predicted octanol–water partition coefficient (Wildman–Crippen LogP) is 5.48. The maximum Gasteiger partial charge on any atom is 0.0890 e. The molecule has 0 aromatic heterocycles. The van der Waals surface area contributed by atoms with Gasteiger partial charge in [0, 0.05) is 6.42 Å². The van der Waals surface area contributed by atoms with E-state index in [4.69, 9.17) is 0 Å². The smallest absolute Gasteiger partial charge is 0.0890 e. The zero-order valence-electron chi connectivity index (χ0n) is 19.7. The van der Waals surface area contributed by atoms with Gasteiger partial charge in [-0.25, -0.2) is 0 Å². The predicted molar refractivity (Wildman–Crippen MR) is 126 cm³/mol. The van der Waals surface area contributed by atoms with E-state index in [0.29, 0.717) is 41.9 Å². The molecule has 0 unspecified atom stereocenters. The summed E-state index contributed by atoms with van der Waals surface area (Å²) in [5.74, 6) is 2.25. The van der Waals surface area contributed by atoms with Crippen molar-refractivity contribution in [3.63, 3.8) is 0 Å². The van der Waals surface area contributed by atoms with Gasteiger partial charge < -0.3 is 15.3 Å². The van der Waals surface area contributed by atoms with Crippen molar-refractivity contribution in [1.82, 2.24) is 0 Å². The lowest BCUT2D eigenvalue weighted by molar-refractivity contribution is 0.0204. The van der Waals surface area contributed by atoms with Crippen molar-refractivity contribution in [3.05, 3.63) is 47.6 Å². The van der Waals surface area contributed by atoms with Crippen LogP contribution >= 0.6 is 0 Å². The van der Waals surface area contributed by atoms with Crippen LogP contribution in [0.1, 0.15) is 78.6 Å². The van der Waals surface area contributed by atoms with Crippen molar-refractivity contribution in [2.24, 2.45) is 29.1 Å². The summed E-state index contributed by atoms with van der Waals surface area (Å²) >= 11 is 0.